The van der Waals surface area contributed by atoms with Crippen molar-refractivity contribution in [2.24, 2.45) is 5.16 Å². The Bertz CT molecular complexity index is 1690. The molecule has 0 saturated carbocycles. The highest BCUT2D eigenvalue weighted by Crippen LogP contribution is 2.42. The van der Waals surface area contributed by atoms with E-state index in [0.29, 0.717) is 5.57 Å². The average Bonchev–Trinajstić information content (AvgIpc) is 3.74. The summed E-state index contributed by atoms with van der Waals surface area (Å²) in [6.45, 7) is -0.0641. The highest BCUT2D eigenvalue weighted by molar-refractivity contribution is 8.00. The molecule has 1 unspecified atom stereocenters. The number of hydrogen-bond acceptors (Lipinski definition) is 13. The highest BCUT2D eigenvalue weighted by atomic mass is 32.2. The molecule has 13 nitrogen and oxygen atoms in total. The second-order valence-corrected chi connectivity index (χ2v) is 11.6. The summed E-state index contributed by atoms with van der Waals surface area (Å²) in [6, 6.07) is 19.0. The van der Waals surface area contributed by atoms with Gasteiger partial charge in [0.05, 0.1) is 0 Å². The van der Waals surface area contributed by atoms with Gasteiger partial charge in [0.1, 0.15) is 35.7 Å². The van der Waals surface area contributed by atoms with E-state index in [2.05, 4.69) is 20.6 Å². The number of benzene rings is 2. The fourth-order valence-corrected chi connectivity index (χ4v) is 6.66. The van der Waals surface area contributed by atoms with Gasteiger partial charge in [0, 0.05) is 22.8 Å². The molecular formula is C29H24N6O7S2. The Labute approximate surface area is 258 Å². The van der Waals surface area contributed by atoms with Gasteiger partial charge in [0.15, 0.2) is 16.9 Å². The summed E-state index contributed by atoms with van der Waals surface area (Å²) in [5.41, 5.74) is 7.32. The Kier molecular flexibility index (Phi) is 8.29. The zero-order chi connectivity index (χ0) is 30.6. The molecule has 2 aliphatic rings. The van der Waals surface area contributed by atoms with Gasteiger partial charge in [-0.05, 0) is 16.3 Å². The normalized spacial score (nSPS) is 18.1. The van der Waals surface area contributed by atoms with E-state index in [1.54, 1.807) is 0 Å². The zero-order valence-corrected chi connectivity index (χ0v) is 24.4. The zero-order valence-electron chi connectivity index (χ0n) is 22.7. The van der Waals surface area contributed by atoms with E-state index in [1.807, 2.05) is 60.7 Å². The number of amides is 2. The largest absolute Gasteiger partial charge is 0.471 e. The average molecular weight is 633 g/mol. The molecular weight excluding hydrogens is 608 g/mol. The number of aromatic nitrogens is 2. The van der Waals surface area contributed by atoms with Crippen molar-refractivity contribution in [3.05, 3.63) is 106 Å². The number of nitrogens with one attached hydrogen (secondary N) is 1. The second-order valence-electron chi connectivity index (χ2n) is 9.57. The number of oxime groups is 1. The van der Waals surface area contributed by atoms with Crippen molar-refractivity contribution in [2.45, 2.75) is 17.5 Å². The summed E-state index contributed by atoms with van der Waals surface area (Å²) in [5.74, 6) is -1.61. The number of rotatable bonds is 10. The number of esters is 1. The van der Waals surface area contributed by atoms with Crippen LogP contribution in [0.5, 0.6) is 5.88 Å². The van der Waals surface area contributed by atoms with E-state index in [-0.39, 0.29) is 34.8 Å². The molecule has 4 N–H and O–H groups in total. The van der Waals surface area contributed by atoms with Gasteiger partial charge in [-0.15, -0.1) is 23.1 Å². The maximum Gasteiger partial charge on any atom is 0.356 e. The summed E-state index contributed by atoms with van der Waals surface area (Å²) < 4.78 is 16.7. The second kappa shape index (κ2) is 12.6. The predicted octanol–water partition coefficient (Wildman–Crippen LogP) is 2.96. The van der Waals surface area contributed by atoms with Gasteiger partial charge in [-0.25, -0.2) is 9.78 Å². The molecule has 44 heavy (non-hydrogen) atoms. The van der Waals surface area contributed by atoms with Crippen LogP contribution in [0.4, 0.5) is 5.13 Å². The summed E-state index contributed by atoms with van der Waals surface area (Å²) in [5, 5.41) is 19.9. The molecule has 224 valence electrons. The van der Waals surface area contributed by atoms with Gasteiger partial charge >= 0.3 is 5.97 Å². The molecule has 4 aromatic rings. The number of hydrogen-bond donors (Lipinski definition) is 3. The van der Waals surface area contributed by atoms with Gasteiger partial charge in [-0.2, -0.15) is 0 Å². The first-order valence-corrected chi connectivity index (χ1v) is 15.1. The van der Waals surface area contributed by atoms with Crippen molar-refractivity contribution in [1.82, 2.24) is 20.4 Å². The van der Waals surface area contributed by atoms with Crippen molar-refractivity contribution in [1.29, 1.82) is 0 Å². The number of nitrogens with zero attached hydrogens (tertiary/aromatic N) is 4. The Hall–Kier alpha value is -5.15. The molecule has 2 aliphatic heterocycles. The lowest BCUT2D eigenvalue weighted by Crippen LogP contribution is -2.71. The number of carbonyl (C=O) groups excluding carboxylic acids is 3. The van der Waals surface area contributed by atoms with E-state index in [1.165, 1.54) is 34.4 Å². The predicted molar refractivity (Wildman–Crippen MR) is 160 cm³/mol. The number of thiazole rings is 1. The Balaban J connectivity index is 1.28. The lowest BCUT2D eigenvalue weighted by molar-refractivity contribution is -0.154. The van der Waals surface area contributed by atoms with Crippen LogP contribution in [0.1, 0.15) is 22.9 Å². The molecule has 0 bridgehead atoms. The molecule has 15 heteroatoms. The molecule has 4 heterocycles. The van der Waals surface area contributed by atoms with Crippen LogP contribution in [0, 0.1) is 0 Å². The number of thioether (sulfide) groups is 1. The van der Waals surface area contributed by atoms with Gasteiger partial charge in [-0.1, -0.05) is 65.8 Å². The first-order valence-electron chi connectivity index (χ1n) is 13.2. The Morgan fingerprint density at radius 3 is 2.43 bits per heavy atom. The number of β-lactam (4-membered cyclic amide) rings is 1. The van der Waals surface area contributed by atoms with Crippen LogP contribution in [0.25, 0.3) is 0 Å². The maximum atomic E-state index is 14.0. The minimum atomic E-state index is -1.01. The third kappa shape index (κ3) is 5.74. The van der Waals surface area contributed by atoms with Crippen molar-refractivity contribution >= 4 is 51.7 Å². The number of nitrogens with two attached hydrogens (primary N) is 1. The Morgan fingerprint density at radius 1 is 1.14 bits per heavy atom. The third-order valence-corrected chi connectivity index (χ3v) is 8.86. The Morgan fingerprint density at radius 2 is 1.84 bits per heavy atom. The molecule has 0 spiro atoms. The van der Waals surface area contributed by atoms with Crippen LogP contribution in [-0.4, -0.2) is 67.5 Å². The molecule has 1 fully saturated rings. The lowest BCUT2D eigenvalue weighted by atomic mass is 10.0. The molecule has 2 aromatic carbocycles. The van der Waals surface area contributed by atoms with E-state index in [4.69, 9.17) is 19.7 Å². The number of nitrogen functional groups attached to an aromatic ring is 1. The van der Waals surface area contributed by atoms with Crippen LogP contribution in [-0.2, 0) is 19.1 Å². The number of ether oxygens (including phenoxy) is 2. The van der Waals surface area contributed by atoms with Gasteiger partial charge in [0.2, 0.25) is 0 Å². The fraction of sp³-hybridized carbons (Fsp3) is 0.172. The quantitative estimate of drug-likeness (QED) is 0.0768. The molecule has 6 rings (SSSR count). The monoisotopic (exact) mass is 632 g/mol. The molecule has 2 atom stereocenters. The molecule has 2 aromatic heterocycles. The minimum Gasteiger partial charge on any atom is -0.471 e. The maximum absolute atomic E-state index is 14.0. The topological polar surface area (TPSA) is 182 Å². The van der Waals surface area contributed by atoms with Gasteiger partial charge in [0.25, 0.3) is 17.7 Å². The molecule has 1 saturated heterocycles. The summed E-state index contributed by atoms with van der Waals surface area (Å²) in [4.78, 5) is 45.8. The van der Waals surface area contributed by atoms with Crippen LogP contribution in [0.3, 0.4) is 0 Å². The van der Waals surface area contributed by atoms with Crippen molar-refractivity contribution in [3.63, 3.8) is 0 Å². The first-order chi connectivity index (χ1) is 21.4. The van der Waals surface area contributed by atoms with Crippen molar-refractivity contribution in [3.8, 4) is 5.88 Å². The van der Waals surface area contributed by atoms with E-state index in [9.17, 15) is 19.6 Å². The number of carbonyl (C=O) groups is 3. The number of anilines is 1. The molecule has 2 amide bonds. The minimum absolute atomic E-state index is 0.0212. The van der Waals surface area contributed by atoms with Crippen molar-refractivity contribution < 1.29 is 33.6 Å². The third-order valence-electron chi connectivity index (χ3n) is 6.84. The summed E-state index contributed by atoms with van der Waals surface area (Å²) in [7, 11) is 0. The smallest absolute Gasteiger partial charge is 0.356 e. The van der Waals surface area contributed by atoms with Gasteiger partial charge in [-0.3, -0.25) is 14.5 Å². The lowest BCUT2D eigenvalue weighted by Gasteiger charge is -2.49. The van der Waals surface area contributed by atoms with Crippen LogP contribution >= 0.6 is 23.1 Å². The van der Waals surface area contributed by atoms with E-state index in [0.717, 1.165) is 22.5 Å². The highest BCUT2D eigenvalue weighted by Gasteiger charge is 2.55. The summed E-state index contributed by atoms with van der Waals surface area (Å²) in [6.07, 6.45) is 0.592. The molecule has 0 aliphatic carbocycles. The fourth-order valence-electron chi connectivity index (χ4n) is 4.79. The number of fused-ring (bicyclic) bond motifs is 1. The SMILES string of the molecule is Nc1nc(/C(=N/O)C(=O)NC2C(=O)N3C(C(=O)OC(c4ccccc4)c4ccccc4)=C(COc4ccon4)CS[C@H]23)cs1. The van der Waals surface area contributed by atoms with Crippen molar-refractivity contribution in [2.75, 3.05) is 18.1 Å². The standard InChI is InChI=1S/C29H24N6O7S2/c30-29-31-19(15-44-29)21(33-39)25(36)32-22-26(37)35-23(18(14-43-27(22)35)13-40-20-11-12-41-34-20)28(38)42-24(16-7-3-1-4-8-16)17-9-5-2-6-10-17/h1-12,15,22,24,27,39H,13-14H2,(H2,30,31)(H,32,36)/b33-21-/t22?,27-/m1/s1. The first kappa shape index (κ1) is 28.9. The van der Waals surface area contributed by atoms with E-state index < -0.39 is 41.0 Å². The van der Waals surface area contributed by atoms with Crippen LogP contribution < -0.4 is 15.8 Å². The van der Waals surface area contributed by atoms with Crippen LogP contribution in [0.2, 0.25) is 0 Å². The van der Waals surface area contributed by atoms with E-state index >= 15 is 0 Å². The molecule has 0 radical (unpaired) electrons. The summed E-state index contributed by atoms with van der Waals surface area (Å²) >= 11 is 2.40. The van der Waals surface area contributed by atoms with Crippen LogP contribution in [0.15, 0.2) is 99.3 Å². The van der Waals surface area contributed by atoms with Gasteiger partial charge < -0.3 is 30.3 Å².